The third-order valence-electron chi connectivity index (χ3n) is 6.09. The van der Waals surface area contributed by atoms with E-state index in [9.17, 15) is 0 Å². The van der Waals surface area contributed by atoms with E-state index >= 15 is 0 Å². The van der Waals surface area contributed by atoms with Crippen molar-refractivity contribution in [2.24, 2.45) is 5.92 Å². The molecule has 5 rings (SSSR count). The summed E-state index contributed by atoms with van der Waals surface area (Å²) in [6.07, 6.45) is 2.78. The van der Waals surface area contributed by atoms with Crippen LogP contribution in [0, 0.1) is 12.8 Å². The molecule has 4 heterocycles. The number of aromatic nitrogens is 3. The van der Waals surface area contributed by atoms with Gasteiger partial charge in [-0.1, -0.05) is 18.2 Å². The van der Waals surface area contributed by atoms with Crippen molar-refractivity contribution in [1.29, 1.82) is 0 Å². The van der Waals surface area contributed by atoms with Gasteiger partial charge in [0.15, 0.2) is 0 Å². The van der Waals surface area contributed by atoms with Gasteiger partial charge in [0.05, 0.1) is 24.1 Å². The number of hydrogen-bond acceptors (Lipinski definition) is 6. The Morgan fingerprint density at radius 2 is 2.21 bits per heavy atom. The van der Waals surface area contributed by atoms with Crippen LogP contribution in [-0.4, -0.2) is 59.3 Å². The second kappa shape index (κ2) is 7.65. The van der Waals surface area contributed by atoms with Crippen LogP contribution in [0.5, 0.6) is 5.75 Å². The number of para-hydroxylation sites is 1. The van der Waals surface area contributed by atoms with Gasteiger partial charge in [-0.15, -0.1) is 0 Å². The highest BCUT2D eigenvalue weighted by Gasteiger charge is 2.38. The predicted molar refractivity (Wildman–Crippen MR) is 112 cm³/mol. The van der Waals surface area contributed by atoms with Crippen molar-refractivity contribution in [2.45, 2.75) is 25.4 Å². The minimum Gasteiger partial charge on any atom is -0.491 e. The molecular weight excluding hydrogens is 366 g/mol. The molecule has 0 saturated carbocycles. The summed E-state index contributed by atoms with van der Waals surface area (Å²) in [7, 11) is 1.78. The van der Waals surface area contributed by atoms with E-state index in [-0.39, 0.29) is 12.1 Å². The Labute approximate surface area is 170 Å². The summed E-state index contributed by atoms with van der Waals surface area (Å²) in [5, 5.41) is 4.76. The fourth-order valence-corrected chi connectivity index (χ4v) is 4.71. The van der Waals surface area contributed by atoms with Crippen molar-refractivity contribution in [1.82, 2.24) is 19.9 Å². The van der Waals surface area contributed by atoms with Gasteiger partial charge in [0.1, 0.15) is 30.1 Å². The van der Waals surface area contributed by atoms with Crippen LogP contribution in [0.2, 0.25) is 0 Å². The van der Waals surface area contributed by atoms with Gasteiger partial charge < -0.3 is 19.8 Å². The highest BCUT2D eigenvalue weighted by Crippen LogP contribution is 2.38. The lowest BCUT2D eigenvalue weighted by molar-refractivity contribution is 0.109. The largest absolute Gasteiger partial charge is 0.491 e. The first-order valence-electron chi connectivity index (χ1n) is 10.2. The van der Waals surface area contributed by atoms with Gasteiger partial charge >= 0.3 is 0 Å². The van der Waals surface area contributed by atoms with Crippen LogP contribution in [0.3, 0.4) is 0 Å². The summed E-state index contributed by atoms with van der Waals surface area (Å²) < 4.78 is 11.5. The van der Waals surface area contributed by atoms with Crippen LogP contribution in [0.15, 0.2) is 36.7 Å². The zero-order valence-electron chi connectivity index (χ0n) is 16.9. The topological polar surface area (TPSA) is 75.3 Å². The quantitative estimate of drug-likeness (QED) is 0.694. The molecule has 0 aliphatic carbocycles. The Morgan fingerprint density at radius 1 is 1.31 bits per heavy atom. The van der Waals surface area contributed by atoms with Gasteiger partial charge in [-0.05, 0) is 37.9 Å². The van der Waals surface area contributed by atoms with E-state index in [0.29, 0.717) is 12.5 Å². The van der Waals surface area contributed by atoms with Crippen LogP contribution in [0.25, 0.3) is 11.0 Å². The number of benzene rings is 1. The Kier molecular flexibility index (Phi) is 4.85. The Morgan fingerprint density at radius 3 is 3.10 bits per heavy atom. The zero-order chi connectivity index (χ0) is 19.8. The highest BCUT2D eigenvalue weighted by atomic mass is 16.5. The average molecular weight is 393 g/mol. The van der Waals surface area contributed by atoms with Gasteiger partial charge in [-0.2, -0.15) is 0 Å². The van der Waals surface area contributed by atoms with Crippen molar-refractivity contribution >= 4 is 16.9 Å². The van der Waals surface area contributed by atoms with Gasteiger partial charge in [-0.25, -0.2) is 9.97 Å². The van der Waals surface area contributed by atoms with E-state index in [1.54, 1.807) is 13.4 Å². The van der Waals surface area contributed by atoms with E-state index in [4.69, 9.17) is 9.47 Å². The first-order valence-corrected chi connectivity index (χ1v) is 10.2. The maximum absolute atomic E-state index is 6.15. The molecule has 3 aromatic rings. The first-order chi connectivity index (χ1) is 14.2. The minimum absolute atomic E-state index is 0.0922. The zero-order valence-corrected chi connectivity index (χ0v) is 16.9. The molecule has 0 bridgehead atoms. The molecule has 1 aromatic carbocycles. The number of hydrogen-bond donors (Lipinski definition) is 2. The fourth-order valence-electron chi connectivity index (χ4n) is 4.71. The van der Waals surface area contributed by atoms with Crippen LogP contribution >= 0.6 is 0 Å². The number of aryl methyl sites for hydroxylation is 1. The molecule has 3 atom stereocenters. The number of likely N-dealkylation sites (tertiary alicyclic amines) is 1. The van der Waals surface area contributed by atoms with Gasteiger partial charge in [0, 0.05) is 24.9 Å². The van der Waals surface area contributed by atoms with E-state index in [2.05, 4.69) is 43.4 Å². The van der Waals surface area contributed by atoms with Crippen LogP contribution in [0.1, 0.15) is 23.7 Å². The molecule has 3 unspecified atom stereocenters. The third kappa shape index (κ3) is 3.45. The summed E-state index contributed by atoms with van der Waals surface area (Å²) in [6.45, 7) is 5.61. The Hall–Kier alpha value is -2.64. The fraction of sp³-hybridized carbons (Fsp3) is 0.455. The van der Waals surface area contributed by atoms with Crippen molar-refractivity contribution in [3.05, 3.63) is 47.9 Å². The monoisotopic (exact) mass is 393 g/mol. The molecule has 2 aromatic heterocycles. The summed E-state index contributed by atoms with van der Waals surface area (Å²) in [5.41, 5.74) is 3.12. The molecule has 1 fully saturated rings. The number of anilines is 1. The van der Waals surface area contributed by atoms with Crippen molar-refractivity contribution in [3.63, 3.8) is 0 Å². The van der Waals surface area contributed by atoms with E-state index in [1.807, 2.05) is 19.1 Å². The van der Waals surface area contributed by atoms with Crippen LogP contribution in [-0.2, 0) is 4.74 Å². The number of H-pyrrole nitrogens is 1. The van der Waals surface area contributed by atoms with Crippen LogP contribution < -0.4 is 10.1 Å². The van der Waals surface area contributed by atoms with Gasteiger partial charge in [-0.3, -0.25) is 4.90 Å². The van der Waals surface area contributed by atoms with Gasteiger partial charge in [0.2, 0.25) is 0 Å². The molecular formula is C22H27N5O2. The summed E-state index contributed by atoms with van der Waals surface area (Å²) in [4.78, 5) is 14.8. The molecule has 2 aliphatic heterocycles. The summed E-state index contributed by atoms with van der Waals surface area (Å²) in [5.74, 6) is 2.39. The van der Waals surface area contributed by atoms with E-state index in [0.717, 1.165) is 54.4 Å². The number of aromatic amines is 1. The molecule has 7 nitrogen and oxygen atoms in total. The number of nitrogens with one attached hydrogen (secondary N) is 2. The normalized spacial score (nSPS) is 24.4. The third-order valence-corrected chi connectivity index (χ3v) is 6.09. The lowest BCUT2D eigenvalue weighted by Gasteiger charge is -2.39. The van der Waals surface area contributed by atoms with E-state index in [1.165, 1.54) is 5.56 Å². The van der Waals surface area contributed by atoms with Gasteiger partial charge in [0.25, 0.3) is 0 Å². The number of rotatable bonds is 5. The van der Waals surface area contributed by atoms with E-state index < -0.39 is 0 Å². The molecule has 2 aliphatic rings. The maximum Gasteiger partial charge on any atom is 0.143 e. The molecule has 0 spiro atoms. The molecule has 0 amide bonds. The molecule has 152 valence electrons. The second-order valence-electron chi connectivity index (χ2n) is 8.08. The molecule has 0 radical (unpaired) electrons. The van der Waals surface area contributed by atoms with Crippen molar-refractivity contribution in [2.75, 3.05) is 38.7 Å². The maximum atomic E-state index is 6.15. The Balaban J connectivity index is 1.49. The second-order valence-corrected chi connectivity index (χ2v) is 8.08. The number of fused-ring (bicyclic) bond motifs is 2. The molecule has 2 N–H and O–H groups in total. The molecule has 7 heteroatoms. The number of ether oxygens (including phenoxy) is 2. The predicted octanol–water partition coefficient (Wildman–Crippen LogP) is 3.15. The highest BCUT2D eigenvalue weighted by molar-refractivity contribution is 5.87. The summed E-state index contributed by atoms with van der Waals surface area (Å²) in [6, 6.07) is 10.7. The minimum atomic E-state index is 0.0922. The lowest BCUT2D eigenvalue weighted by Crippen LogP contribution is -2.47. The number of methoxy groups -OCH3 is 1. The standard InChI is InChI=1S/C22H27N5O2/c1-14-9-17-21(25-14)23-13-24-22(17)26-20-16-5-3-4-6-19(16)29-12-18(20)27-8-7-15(10-27)11-28-2/h3-6,9,13,15,18,20H,7-8,10-12H2,1-2H3,(H2,23,24,25,26). The average Bonchev–Trinajstić information content (AvgIpc) is 3.35. The number of nitrogens with zero attached hydrogens (tertiary/aromatic N) is 3. The smallest absolute Gasteiger partial charge is 0.143 e. The molecule has 29 heavy (non-hydrogen) atoms. The SMILES string of the molecule is COCC1CCN(C2COc3ccccc3C2Nc2ncnc3[nH]c(C)cc23)C1. The van der Waals surface area contributed by atoms with Crippen LogP contribution in [0.4, 0.5) is 5.82 Å². The van der Waals surface area contributed by atoms with Crippen molar-refractivity contribution < 1.29 is 9.47 Å². The summed E-state index contributed by atoms with van der Waals surface area (Å²) >= 11 is 0. The first kappa shape index (κ1) is 18.4. The van der Waals surface area contributed by atoms with Crippen molar-refractivity contribution in [3.8, 4) is 5.75 Å². The molecule has 1 saturated heterocycles. The lowest BCUT2D eigenvalue weighted by atomic mass is 9.95. The Bertz CT molecular complexity index is 1000.